The molecule has 1 aliphatic rings. The molecule has 130 valence electrons. The summed E-state index contributed by atoms with van der Waals surface area (Å²) in [6.07, 6.45) is 4.82. The molecule has 0 heterocycles. The van der Waals surface area contributed by atoms with Crippen LogP contribution in [-0.4, -0.2) is 16.8 Å². The van der Waals surface area contributed by atoms with E-state index in [4.69, 9.17) is 5.41 Å². The van der Waals surface area contributed by atoms with Crippen molar-refractivity contribution in [3.63, 3.8) is 0 Å². The Labute approximate surface area is 149 Å². The first-order valence-corrected chi connectivity index (χ1v) is 8.99. The van der Waals surface area contributed by atoms with E-state index < -0.39 is 11.4 Å². The van der Waals surface area contributed by atoms with Gasteiger partial charge in [-0.2, -0.15) is 0 Å². The molecule has 1 saturated carbocycles. The predicted octanol–water partition coefficient (Wildman–Crippen LogP) is 4.89. The molecule has 1 aliphatic carbocycles. The van der Waals surface area contributed by atoms with E-state index in [1.54, 1.807) is 0 Å². The van der Waals surface area contributed by atoms with Gasteiger partial charge in [0.2, 0.25) is 0 Å². The second kappa shape index (κ2) is 7.22. The van der Waals surface area contributed by atoms with Crippen molar-refractivity contribution in [2.45, 2.75) is 50.9 Å². The smallest absolute Gasteiger partial charge is 0.314 e. The number of carboxylic acids is 1. The van der Waals surface area contributed by atoms with Crippen molar-refractivity contribution in [3.05, 3.63) is 70.8 Å². The Kier molecular flexibility index (Phi) is 5.03. The van der Waals surface area contributed by atoms with Crippen LogP contribution in [0.1, 0.15) is 54.4 Å². The van der Waals surface area contributed by atoms with Gasteiger partial charge in [-0.25, -0.2) is 0 Å². The third-order valence-electron chi connectivity index (χ3n) is 5.36. The molecule has 25 heavy (non-hydrogen) atoms. The summed E-state index contributed by atoms with van der Waals surface area (Å²) in [5.74, 6) is -0.746. The molecule has 0 unspecified atom stereocenters. The molecule has 0 atom stereocenters. The number of hydrogen-bond acceptors (Lipinski definition) is 2. The Morgan fingerprint density at radius 2 is 1.76 bits per heavy atom. The molecule has 3 nitrogen and oxygen atoms in total. The Morgan fingerprint density at radius 1 is 1.08 bits per heavy atom. The lowest BCUT2D eigenvalue weighted by Gasteiger charge is -2.35. The van der Waals surface area contributed by atoms with Crippen LogP contribution in [0.2, 0.25) is 0 Å². The number of aliphatic carboxylic acids is 1. The van der Waals surface area contributed by atoms with Gasteiger partial charge in [0.25, 0.3) is 0 Å². The first-order chi connectivity index (χ1) is 12.0. The molecule has 0 bridgehead atoms. The number of rotatable bonds is 5. The van der Waals surface area contributed by atoms with Crippen LogP contribution in [0.3, 0.4) is 0 Å². The lowest BCUT2D eigenvalue weighted by Crippen LogP contribution is -2.39. The van der Waals surface area contributed by atoms with Crippen LogP contribution in [0.15, 0.2) is 48.5 Å². The molecule has 0 amide bonds. The number of benzene rings is 2. The summed E-state index contributed by atoms with van der Waals surface area (Å²) >= 11 is 0. The molecule has 3 heteroatoms. The minimum absolute atomic E-state index is 0.496. The highest BCUT2D eigenvalue weighted by atomic mass is 16.4. The van der Waals surface area contributed by atoms with Crippen molar-refractivity contribution in [3.8, 4) is 0 Å². The van der Waals surface area contributed by atoms with E-state index in [2.05, 4.69) is 0 Å². The summed E-state index contributed by atoms with van der Waals surface area (Å²) in [4.78, 5) is 12.2. The number of hydrogen-bond donors (Lipinski definition) is 2. The van der Waals surface area contributed by atoms with E-state index >= 15 is 0 Å². The van der Waals surface area contributed by atoms with Crippen LogP contribution < -0.4 is 0 Å². The monoisotopic (exact) mass is 335 g/mol. The quantitative estimate of drug-likeness (QED) is 0.764. The van der Waals surface area contributed by atoms with Crippen LogP contribution in [0.4, 0.5) is 0 Å². The van der Waals surface area contributed by atoms with E-state index in [0.717, 1.165) is 41.5 Å². The van der Waals surface area contributed by atoms with Gasteiger partial charge in [-0.3, -0.25) is 4.79 Å². The molecule has 0 saturated heterocycles. The molecule has 1 fully saturated rings. The van der Waals surface area contributed by atoms with E-state index in [9.17, 15) is 9.90 Å². The normalized spacial score (nSPS) is 16.4. The molecule has 3 rings (SSSR count). The highest BCUT2D eigenvalue weighted by Gasteiger charge is 2.43. The SMILES string of the molecule is Cc1ccc(C2(C(=O)O)CCCCC2)c(C(=N)Cc2ccccc2)c1. The lowest BCUT2D eigenvalue weighted by molar-refractivity contribution is -0.145. The zero-order valence-electron chi connectivity index (χ0n) is 14.7. The average molecular weight is 335 g/mol. The summed E-state index contributed by atoms with van der Waals surface area (Å²) in [7, 11) is 0. The third kappa shape index (κ3) is 3.51. The zero-order chi connectivity index (χ0) is 17.9. The first kappa shape index (κ1) is 17.4. The maximum absolute atomic E-state index is 12.2. The van der Waals surface area contributed by atoms with Gasteiger partial charge in [0.15, 0.2) is 0 Å². The van der Waals surface area contributed by atoms with Gasteiger partial charge in [-0.15, -0.1) is 0 Å². The lowest BCUT2D eigenvalue weighted by atomic mass is 9.67. The second-order valence-corrected chi connectivity index (χ2v) is 7.14. The molecule has 2 aromatic carbocycles. The summed E-state index contributed by atoms with van der Waals surface area (Å²) in [5, 5.41) is 18.7. The van der Waals surface area contributed by atoms with Gasteiger partial charge in [0.1, 0.15) is 0 Å². The standard InChI is InChI=1S/C22H25NO2/c1-16-10-11-19(22(21(24)25)12-6-3-7-13-22)18(14-16)20(23)15-17-8-4-2-5-9-17/h2,4-5,8-11,14,23H,3,6-7,12-13,15H2,1H3,(H,24,25). The zero-order valence-corrected chi connectivity index (χ0v) is 14.7. The molecule has 0 aromatic heterocycles. The summed E-state index contributed by atoms with van der Waals surface area (Å²) in [6, 6.07) is 15.8. The fourth-order valence-corrected chi connectivity index (χ4v) is 3.97. The molecular formula is C22H25NO2. The van der Waals surface area contributed by atoms with Crippen molar-refractivity contribution in [1.29, 1.82) is 5.41 Å². The van der Waals surface area contributed by atoms with Crippen molar-refractivity contribution in [2.75, 3.05) is 0 Å². The van der Waals surface area contributed by atoms with E-state index in [1.165, 1.54) is 0 Å². The Hall–Kier alpha value is -2.42. The number of nitrogens with one attached hydrogen (secondary N) is 1. The highest BCUT2D eigenvalue weighted by Crippen LogP contribution is 2.41. The Balaban J connectivity index is 2.03. The van der Waals surface area contributed by atoms with E-state index in [0.29, 0.717) is 25.0 Å². The highest BCUT2D eigenvalue weighted by molar-refractivity contribution is 6.02. The number of carbonyl (C=O) groups is 1. The first-order valence-electron chi connectivity index (χ1n) is 8.99. The van der Waals surface area contributed by atoms with Gasteiger partial charge in [0, 0.05) is 17.7 Å². The van der Waals surface area contributed by atoms with Gasteiger partial charge in [-0.1, -0.05) is 67.3 Å². The average Bonchev–Trinajstić information content (AvgIpc) is 2.63. The van der Waals surface area contributed by atoms with Crippen LogP contribution in [0.25, 0.3) is 0 Å². The largest absolute Gasteiger partial charge is 0.481 e. The molecule has 0 spiro atoms. The number of carboxylic acid groups (broad SMARTS) is 1. The van der Waals surface area contributed by atoms with Gasteiger partial charge in [0.05, 0.1) is 5.41 Å². The summed E-state index contributed by atoms with van der Waals surface area (Å²) < 4.78 is 0. The minimum atomic E-state index is -0.843. The second-order valence-electron chi connectivity index (χ2n) is 7.14. The summed E-state index contributed by atoms with van der Waals surface area (Å²) in [6.45, 7) is 2.00. The third-order valence-corrected chi connectivity index (χ3v) is 5.36. The maximum atomic E-state index is 12.2. The van der Waals surface area contributed by atoms with Gasteiger partial charge in [-0.05, 0) is 37.0 Å². The van der Waals surface area contributed by atoms with Crippen molar-refractivity contribution < 1.29 is 9.90 Å². The Morgan fingerprint density at radius 3 is 2.40 bits per heavy atom. The van der Waals surface area contributed by atoms with Crippen molar-refractivity contribution in [2.24, 2.45) is 0 Å². The van der Waals surface area contributed by atoms with E-state index in [-0.39, 0.29) is 0 Å². The fraction of sp³-hybridized carbons (Fsp3) is 0.364. The minimum Gasteiger partial charge on any atom is -0.481 e. The summed E-state index contributed by atoms with van der Waals surface area (Å²) in [5.41, 5.74) is 3.42. The van der Waals surface area contributed by atoms with Gasteiger partial charge >= 0.3 is 5.97 Å². The fourth-order valence-electron chi connectivity index (χ4n) is 3.97. The van der Waals surface area contributed by atoms with Crippen molar-refractivity contribution in [1.82, 2.24) is 0 Å². The molecular weight excluding hydrogens is 310 g/mol. The number of aryl methyl sites for hydroxylation is 1. The van der Waals surface area contributed by atoms with Crippen LogP contribution >= 0.6 is 0 Å². The molecule has 2 N–H and O–H groups in total. The van der Waals surface area contributed by atoms with Crippen LogP contribution in [0.5, 0.6) is 0 Å². The van der Waals surface area contributed by atoms with Crippen LogP contribution in [-0.2, 0) is 16.6 Å². The molecule has 0 radical (unpaired) electrons. The predicted molar refractivity (Wildman–Crippen MR) is 101 cm³/mol. The topological polar surface area (TPSA) is 61.1 Å². The van der Waals surface area contributed by atoms with Crippen molar-refractivity contribution >= 4 is 11.7 Å². The maximum Gasteiger partial charge on any atom is 0.314 e. The van der Waals surface area contributed by atoms with Gasteiger partial charge < -0.3 is 10.5 Å². The van der Waals surface area contributed by atoms with Crippen LogP contribution in [0, 0.1) is 12.3 Å². The Bertz CT molecular complexity index is 774. The van der Waals surface area contributed by atoms with E-state index in [1.807, 2.05) is 55.5 Å². The molecule has 2 aromatic rings. The molecule has 0 aliphatic heterocycles.